The first-order chi connectivity index (χ1) is 56.3. The Morgan fingerprint density at radius 3 is 1.03 bits per heavy atom. The van der Waals surface area contributed by atoms with Gasteiger partial charge in [0.15, 0.2) is 24.8 Å². The molecule has 2 aliphatic rings. The summed E-state index contributed by atoms with van der Waals surface area (Å²) in [6, 6.07) is -3.86. The number of nitrogens with one attached hydrogen (secondary N) is 2. The second-order valence-electron chi connectivity index (χ2n) is 33.4. The second-order valence-corrected chi connectivity index (χ2v) is 35.8. The van der Waals surface area contributed by atoms with Gasteiger partial charge in [-0.15, -0.1) is 0 Å². The lowest BCUT2D eigenvalue weighted by Gasteiger charge is -2.47. The van der Waals surface area contributed by atoms with Crippen LogP contribution >= 0.6 is 15.6 Å². The lowest BCUT2D eigenvalue weighted by atomic mass is 9.95. The van der Waals surface area contributed by atoms with E-state index in [1.165, 1.54) is 38.5 Å². The Hall–Kier alpha value is -3.24. The third-order valence-electron chi connectivity index (χ3n) is 22.4. The van der Waals surface area contributed by atoms with E-state index < -0.39 is 176 Å². The average Bonchev–Trinajstić information content (AvgIpc) is 0.779. The number of hydrogen-bond donors (Lipinski definition) is 10. The highest BCUT2D eigenvalue weighted by molar-refractivity contribution is 7.46. The smallest absolute Gasteiger partial charge is 0.462 e. The van der Waals surface area contributed by atoms with Crippen LogP contribution in [-0.4, -0.2) is 175 Å². The van der Waals surface area contributed by atoms with Crippen LogP contribution in [0.2, 0.25) is 0 Å². The summed E-state index contributed by atoms with van der Waals surface area (Å²) in [5, 5.41) is 51.2. The Labute approximate surface area is 704 Å². The highest BCUT2D eigenvalue weighted by Crippen LogP contribution is 2.44. The van der Waals surface area contributed by atoms with Gasteiger partial charge >= 0.3 is 39.5 Å². The van der Waals surface area contributed by atoms with Crippen LogP contribution in [0.15, 0.2) is 0 Å². The third-order valence-corrected chi connectivity index (χ3v) is 23.4. The molecule has 0 aromatic rings. The highest BCUT2D eigenvalue weighted by atomic mass is 31.2. The van der Waals surface area contributed by atoms with E-state index in [0.717, 1.165) is 244 Å². The van der Waals surface area contributed by atoms with Gasteiger partial charge in [0.05, 0.1) is 51.1 Å². The molecule has 0 bridgehead atoms. The normalized spacial score (nSPS) is 20.8. The molecule has 0 spiro atoms. The van der Waals surface area contributed by atoms with Crippen molar-refractivity contribution in [3.63, 3.8) is 0 Å². The van der Waals surface area contributed by atoms with Gasteiger partial charge in [0.1, 0.15) is 48.7 Å². The third kappa shape index (κ3) is 57.0. The number of unbranched alkanes of at least 4 members (excludes halogenated alkanes) is 44. The van der Waals surface area contributed by atoms with E-state index in [2.05, 4.69) is 52.2 Å². The number of phosphoric ester groups is 2. The van der Waals surface area contributed by atoms with Crippen LogP contribution in [0, 0.1) is 0 Å². The Balaban J connectivity index is 2.84. The largest absolute Gasteiger partial charge is 0.472 e. The molecule has 2 rings (SSSR count). The minimum absolute atomic E-state index is 0.0761. The number of amides is 2. The molecule has 4 unspecified atom stereocenters. The van der Waals surface area contributed by atoms with Crippen LogP contribution in [-0.2, 0) is 80.1 Å². The zero-order chi connectivity index (χ0) is 86.2. The lowest BCUT2D eigenvalue weighted by Crippen LogP contribution is -2.68. The van der Waals surface area contributed by atoms with Gasteiger partial charge in [0.2, 0.25) is 11.8 Å². The first kappa shape index (κ1) is 110. The molecule has 14 atom stereocenters. The molecule has 0 aliphatic carbocycles. The minimum atomic E-state index is -5.68. The van der Waals surface area contributed by atoms with E-state index in [9.17, 15) is 73.1 Å². The van der Waals surface area contributed by atoms with Crippen LogP contribution in [0.4, 0.5) is 0 Å². The molecule has 2 fully saturated rings. The summed E-state index contributed by atoms with van der Waals surface area (Å²) in [7, 11) is -11.3. The lowest BCUT2D eigenvalue weighted by molar-refractivity contribution is -0.297. The Morgan fingerprint density at radius 1 is 0.350 bits per heavy atom. The number of ether oxygens (including phenoxy) is 7. The summed E-state index contributed by atoms with van der Waals surface area (Å²) in [5.74, 6) is -5.07. The van der Waals surface area contributed by atoms with Gasteiger partial charge in [-0.25, -0.2) is 9.13 Å². The molecule has 2 aliphatic heterocycles. The summed E-state index contributed by atoms with van der Waals surface area (Å²) in [6.07, 6.45) is 26.5. The summed E-state index contributed by atoms with van der Waals surface area (Å²) in [5.41, 5.74) is 0. The monoisotopic (exact) mass is 1710 g/mol. The number of esters is 4. The number of aliphatic hydroxyl groups excluding tert-OH is 4. The Morgan fingerprint density at radius 2 is 0.658 bits per heavy atom. The predicted molar refractivity (Wildman–Crippen MR) is 453 cm³/mol. The Bertz CT molecular complexity index is 2600. The number of phosphoric acid groups is 2. The number of aliphatic hydroxyl groups is 4. The SMILES string of the molecule is CCCCCCCCCCCC(=O)OC(CCCCCCCCCCC)CC(=O)N[C@H]1[C@H](OC[C@H]2O[C@@H](OP(=O)(O)O)[C@H](NC(=O)CC(O)CCCCCCCCCCC)[C@@H](OC(=O)CC(O)CCCCCCCCC)[C@@H]2O)O[C@H](CO)[C@@H](OP(=O)(O)O)[C@@H]1OC(=O)CC(CCCCCCCCC)OC(=O)CCCCCCCCCCC. The molecule has 117 heavy (non-hydrogen) atoms. The maximum atomic E-state index is 15.1. The zero-order valence-electron chi connectivity index (χ0n) is 73.3. The number of carbonyl (C=O) groups is 6. The van der Waals surface area contributed by atoms with Gasteiger partial charge in [-0.3, -0.25) is 37.8 Å². The molecule has 10 N–H and O–H groups in total. The zero-order valence-corrected chi connectivity index (χ0v) is 75.1. The number of carbonyl (C=O) groups excluding carboxylic acids is 6. The molecule has 2 heterocycles. The fourth-order valence-electron chi connectivity index (χ4n) is 15.5. The summed E-state index contributed by atoms with van der Waals surface area (Å²) >= 11 is 0. The maximum Gasteiger partial charge on any atom is 0.472 e. The molecular weight excluding hydrogens is 1550 g/mol. The van der Waals surface area contributed by atoms with Gasteiger partial charge in [-0.2, -0.15) is 0 Å². The van der Waals surface area contributed by atoms with Crippen molar-refractivity contribution in [2.75, 3.05) is 13.2 Å². The van der Waals surface area contributed by atoms with Crippen LogP contribution in [0.3, 0.4) is 0 Å². The van der Waals surface area contributed by atoms with Crippen molar-refractivity contribution >= 4 is 51.3 Å². The first-order valence-electron chi connectivity index (χ1n) is 46.7. The molecular formula is C88H166N2O25P2. The average molecular weight is 1710 g/mol. The van der Waals surface area contributed by atoms with Crippen LogP contribution in [0.1, 0.15) is 427 Å². The first-order valence-corrected chi connectivity index (χ1v) is 49.8. The topological polar surface area (TPSA) is 406 Å². The molecule has 0 radical (unpaired) electrons. The molecule has 2 saturated heterocycles. The fraction of sp³-hybridized carbons (Fsp3) is 0.932. The minimum Gasteiger partial charge on any atom is -0.462 e. The van der Waals surface area contributed by atoms with Gasteiger partial charge in [0.25, 0.3) is 0 Å². The molecule has 0 saturated carbocycles. The molecule has 688 valence electrons. The van der Waals surface area contributed by atoms with Crippen molar-refractivity contribution in [2.24, 2.45) is 0 Å². The van der Waals surface area contributed by atoms with Crippen molar-refractivity contribution in [3.8, 4) is 0 Å². The number of hydrogen-bond acceptors (Lipinski definition) is 21. The number of rotatable bonds is 78. The Kier molecular flexibility index (Phi) is 65.8. The quantitative estimate of drug-likeness (QED) is 0.0117. The van der Waals surface area contributed by atoms with Gasteiger partial charge in [-0.1, -0.05) is 337 Å². The molecule has 29 heteroatoms. The molecule has 0 aromatic carbocycles. The maximum absolute atomic E-state index is 15.1. The second kappa shape index (κ2) is 70.1. The van der Waals surface area contributed by atoms with Crippen LogP contribution in [0.5, 0.6) is 0 Å². The predicted octanol–water partition coefficient (Wildman–Crippen LogP) is 18.3. The van der Waals surface area contributed by atoms with E-state index in [-0.39, 0.29) is 38.5 Å². The summed E-state index contributed by atoms with van der Waals surface area (Å²) < 4.78 is 79.7. The van der Waals surface area contributed by atoms with E-state index in [1.807, 2.05) is 0 Å². The standard InChI is InChI=1S/C88H166N2O25P2/c1-7-13-19-25-31-35-41-46-51-57-69(92)63-75(94)89-81-85(112-79(98)64-70(93)58-52-45-39-29-23-17-11-5)83(100)74(111-88(81)115-117(104,105)106)68-107-87-82(90-76(95)65-71(59-53-48-42-36-32-26-20-14-8-2)108-77(96)61-55-49-43-37-33-27-21-15-9-3)86(84(73(67-91)110-87)114-116(101,102)103)113-80(99)66-72(60-54-47-40-30-24-18-12-6)109-78(97)62-56-50-44-38-34-28-22-16-10-4/h69-74,81-88,91-93,100H,7-68H2,1-6H3,(H,89,94)(H,90,95)(H2,101,102,103)(H2,104,105,106)/t69?,70?,71?,72?,73-,74-,81-,82-,83-,84-,85-,86-,87-,88+/m1/s1. The van der Waals surface area contributed by atoms with Crippen LogP contribution < -0.4 is 10.6 Å². The van der Waals surface area contributed by atoms with E-state index in [4.69, 9.17) is 42.2 Å². The van der Waals surface area contributed by atoms with Gasteiger partial charge in [0, 0.05) is 12.8 Å². The van der Waals surface area contributed by atoms with Crippen LogP contribution in [0.25, 0.3) is 0 Å². The van der Waals surface area contributed by atoms with Crippen molar-refractivity contribution in [1.29, 1.82) is 0 Å². The summed E-state index contributed by atoms with van der Waals surface area (Å²) in [4.78, 5) is 128. The van der Waals surface area contributed by atoms with Crippen molar-refractivity contribution in [3.05, 3.63) is 0 Å². The summed E-state index contributed by atoms with van der Waals surface area (Å²) in [6.45, 7) is 10.8. The highest BCUT2D eigenvalue weighted by Gasteiger charge is 2.55. The van der Waals surface area contributed by atoms with E-state index in [0.29, 0.717) is 38.5 Å². The fourth-order valence-corrected chi connectivity index (χ4v) is 16.5. The van der Waals surface area contributed by atoms with Gasteiger partial charge in [-0.05, 0) is 51.4 Å². The van der Waals surface area contributed by atoms with E-state index >= 15 is 4.79 Å². The van der Waals surface area contributed by atoms with Gasteiger partial charge < -0.3 is 83.8 Å². The molecule has 0 aromatic heterocycles. The van der Waals surface area contributed by atoms with Crippen molar-refractivity contribution < 1.29 is 120 Å². The van der Waals surface area contributed by atoms with Crippen molar-refractivity contribution in [2.45, 2.75) is 512 Å². The van der Waals surface area contributed by atoms with Crippen molar-refractivity contribution in [1.82, 2.24) is 10.6 Å². The molecule has 27 nitrogen and oxygen atoms in total. The molecule has 2 amide bonds. The van der Waals surface area contributed by atoms with E-state index in [1.54, 1.807) is 0 Å².